The van der Waals surface area contributed by atoms with Crippen molar-refractivity contribution in [2.45, 2.75) is 6.92 Å². The smallest absolute Gasteiger partial charge is 0.173 e. The van der Waals surface area contributed by atoms with E-state index in [2.05, 4.69) is 61.4 Å². The molecule has 0 atom stereocenters. The Morgan fingerprint density at radius 3 is 2.32 bits per heavy atom. The van der Waals surface area contributed by atoms with Gasteiger partial charge in [0.15, 0.2) is 5.11 Å². The highest BCUT2D eigenvalue weighted by Gasteiger charge is 2.20. The second-order valence-corrected chi connectivity index (χ2v) is 6.87. The zero-order valence-corrected chi connectivity index (χ0v) is 15.9. The molecule has 6 heteroatoms. The summed E-state index contributed by atoms with van der Waals surface area (Å²) in [5.74, 6) is 1.05. The van der Waals surface area contributed by atoms with Crippen LogP contribution in [0.3, 0.4) is 0 Å². The molecule has 1 saturated heterocycles. The summed E-state index contributed by atoms with van der Waals surface area (Å²) in [5.41, 5.74) is 3.26. The molecule has 1 fully saturated rings. The molecule has 2 heterocycles. The van der Waals surface area contributed by atoms with Crippen LogP contribution in [0.25, 0.3) is 0 Å². The summed E-state index contributed by atoms with van der Waals surface area (Å²) in [4.78, 5) is 11.2. The predicted molar refractivity (Wildman–Crippen MR) is 110 cm³/mol. The first-order chi connectivity index (χ1) is 12.0. The van der Waals surface area contributed by atoms with E-state index in [9.17, 15) is 0 Å². The van der Waals surface area contributed by atoms with Crippen molar-refractivity contribution < 1.29 is 0 Å². The zero-order valence-electron chi connectivity index (χ0n) is 15.1. The summed E-state index contributed by atoms with van der Waals surface area (Å²) in [6.07, 6.45) is 0. The highest BCUT2D eigenvalue weighted by molar-refractivity contribution is 7.80. The van der Waals surface area contributed by atoms with Gasteiger partial charge in [-0.2, -0.15) is 0 Å². The average Bonchev–Trinajstić information content (AvgIpc) is 2.62. The van der Waals surface area contributed by atoms with Gasteiger partial charge in [0.1, 0.15) is 5.82 Å². The number of nitrogens with one attached hydrogen (secondary N) is 1. The molecule has 1 aromatic heterocycles. The van der Waals surface area contributed by atoms with E-state index in [-0.39, 0.29) is 0 Å². The number of pyridine rings is 1. The van der Waals surface area contributed by atoms with Gasteiger partial charge in [-0.15, -0.1) is 0 Å². The van der Waals surface area contributed by atoms with Crippen molar-refractivity contribution in [3.63, 3.8) is 0 Å². The fraction of sp³-hybridized carbons (Fsp3) is 0.368. The third-order valence-electron chi connectivity index (χ3n) is 4.40. The van der Waals surface area contributed by atoms with Crippen LogP contribution >= 0.6 is 12.2 Å². The lowest BCUT2D eigenvalue weighted by molar-refractivity contribution is 0.389. The number of thiocarbonyl (C=S) groups is 1. The number of aromatic nitrogens is 1. The van der Waals surface area contributed by atoms with Crippen molar-refractivity contribution in [3.05, 3.63) is 48.2 Å². The topological polar surface area (TPSA) is 34.6 Å². The van der Waals surface area contributed by atoms with E-state index in [1.807, 2.05) is 27.1 Å². The third-order valence-corrected chi connectivity index (χ3v) is 4.76. The molecule has 1 aliphatic rings. The first kappa shape index (κ1) is 17.5. The normalized spacial score (nSPS) is 14.4. The van der Waals surface area contributed by atoms with Gasteiger partial charge in [-0.3, -0.25) is 0 Å². The Morgan fingerprint density at radius 1 is 1.04 bits per heavy atom. The van der Waals surface area contributed by atoms with Gasteiger partial charge in [-0.1, -0.05) is 6.07 Å². The quantitative estimate of drug-likeness (QED) is 0.853. The number of nitrogens with zero attached hydrogens (tertiary/aromatic N) is 4. The molecule has 5 nitrogen and oxygen atoms in total. The summed E-state index contributed by atoms with van der Waals surface area (Å²) in [7, 11) is 4.07. The fourth-order valence-electron chi connectivity index (χ4n) is 2.89. The van der Waals surface area contributed by atoms with Crippen molar-refractivity contribution in [2.24, 2.45) is 0 Å². The van der Waals surface area contributed by atoms with Crippen LogP contribution in [-0.2, 0) is 0 Å². The lowest BCUT2D eigenvalue weighted by atomic mass is 10.2. The van der Waals surface area contributed by atoms with Crippen LogP contribution in [0.1, 0.15) is 5.69 Å². The molecule has 0 bridgehead atoms. The van der Waals surface area contributed by atoms with Crippen LogP contribution < -0.4 is 15.1 Å². The van der Waals surface area contributed by atoms with Crippen LogP contribution in [0.2, 0.25) is 0 Å². The standard InChI is InChI=1S/C19H25N5S/c1-15-5-4-6-18(20-15)23-11-13-24(14-12-23)19(25)21-16-7-9-17(10-8-16)22(2)3/h4-10H,11-14H2,1-3H3,(H,21,25). The highest BCUT2D eigenvalue weighted by Crippen LogP contribution is 2.18. The maximum absolute atomic E-state index is 5.59. The van der Waals surface area contributed by atoms with E-state index >= 15 is 0 Å². The summed E-state index contributed by atoms with van der Waals surface area (Å²) < 4.78 is 0. The summed E-state index contributed by atoms with van der Waals surface area (Å²) >= 11 is 5.59. The fourth-order valence-corrected chi connectivity index (χ4v) is 3.19. The van der Waals surface area contributed by atoms with Crippen LogP contribution in [0.4, 0.5) is 17.2 Å². The average molecular weight is 356 g/mol. The maximum Gasteiger partial charge on any atom is 0.173 e. The largest absolute Gasteiger partial charge is 0.378 e. The van der Waals surface area contributed by atoms with Crippen molar-refractivity contribution >= 4 is 34.5 Å². The monoisotopic (exact) mass is 355 g/mol. The Kier molecular flexibility index (Phi) is 5.38. The molecule has 0 radical (unpaired) electrons. The molecule has 0 saturated carbocycles. The second kappa shape index (κ2) is 7.70. The number of rotatable bonds is 3. The van der Waals surface area contributed by atoms with Crippen LogP contribution in [0, 0.1) is 6.92 Å². The molecule has 25 heavy (non-hydrogen) atoms. The van der Waals surface area contributed by atoms with E-state index in [1.54, 1.807) is 0 Å². The number of hydrogen-bond donors (Lipinski definition) is 1. The van der Waals surface area contributed by atoms with Crippen molar-refractivity contribution in [2.75, 3.05) is 55.4 Å². The molecule has 132 valence electrons. The Hall–Kier alpha value is -2.34. The van der Waals surface area contributed by atoms with E-state index in [1.165, 1.54) is 5.69 Å². The van der Waals surface area contributed by atoms with Gasteiger partial charge in [0, 0.05) is 57.3 Å². The number of piperazine rings is 1. The summed E-state index contributed by atoms with van der Waals surface area (Å²) in [6, 6.07) is 14.5. The van der Waals surface area contributed by atoms with Crippen molar-refractivity contribution in [1.29, 1.82) is 0 Å². The molecule has 1 aromatic carbocycles. The molecule has 3 rings (SSSR count). The second-order valence-electron chi connectivity index (χ2n) is 6.48. The number of benzene rings is 1. The minimum absolute atomic E-state index is 0.787. The number of anilines is 3. The molecule has 1 aliphatic heterocycles. The zero-order chi connectivity index (χ0) is 17.8. The van der Waals surface area contributed by atoms with Gasteiger partial charge in [0.25, 0.3) is 0 Å². The van der Waals surface area contributed by atoms with E-state index in [0.717, 1.165) is 48.5 Å². The Bertz CT molecular complexity index is 721. The molecule has 1 N–H and O–H groups in total. The molecular formula is C19H25N5S. The third kappa shape index (κ3) is 4.39. The number of hydrogen-bond acceptors (Lipinski definition) is 4. The van der Waals surface area contributed by atoms with Crippen LogP contribution in [0.15, 0.2) is 42.5 Å². The van der Waals surface area contributed by atoms with Gasteiger partial charge in [0.05, 0.1) is 0 Å². The summed E-state index contributed by atoms with van der Waals surface area (Å²) in [6.45, 7) is 5.69. The molecule has 0 aliphatic carbocycles. The Morgan fingerprint density at radius 2 is 1.72 bits per heavy atom. The minimum Gasteiger partial charge on any atom is -0.378 e. The van der Waals surface area contributed by atoms with Gasteiger partial charge in [-0.25, -0.2) is 4.98 Å². The minimum atomic E-state index is 0.787. The molecule has 0 spiro atoms. The first-order valence-corrected chi connectivity index (χ1v) is 8.96. The Labute approximate surface area is 155 Å². The van der Waals surface area contributed by atoms with Crippen molar-refractivity contribution in [3.8, 4) is 0 Å². The molecule has 0 unspecified atom stereocenters. The van der Waals surface area contributed by atoms with Crippen LogP contribution in [0.5, 0.6) is 0 Å². The van der Waals surface area contributed by atoms with E-state index < -0.39 is 0 Å². The van der Waals surface area contributed by atoms with Crippen molar-refractivity contribution in [1.82, 2.24) is 9.88 Å². The van der Waals surface area contributed by atoms with Gasteiger partial charge >= 0.3 is 0 Å². The maximum atomic E-state index is 5.59. The van der Waals surface area contributed by atoms with Crippen LogP contribution in [-0.4, -0.2) is 55.3 Å². The predicted octanol–water partition coefficient (Wildman–Crippen LogP) is 2.98. The first-order valence-electron chi connectivity index (χ1n) is 8.55. The molecular weight excluding hydrogens is 330 g/mol. The lowest BCUT2D eigenvalue weighted by Gasteiger charge is -2.36. The number of aryl methyl sites for hydroxylation is 1. The van der Waals surface area contributed by atoms with E-state index in [0.29, 0.717) is 0 Å². The summed E-state index contributed by atoms with van der Waals surface area (Å²) in [5, 5.41) is 4.13. The highest BCUT2D eigenvalue weighted by atomic mass is 32.1. The van der Waals surface area contributed by atoms with Gasteiger partial charge in [-0.05, 0) is 55.5 Å². The molecule has 0 amide bonds. The SMILES string of the molecule is Cc1cccc(N2CCN(C(=S)Nc3ccc(N(C)C)cc3)CC2)n1. The van der Waals surface area contributed by atoms with Gasteiger partial charge < -0.3 is 20.0 Å². The lowest BCUT2D eigenvalue weighted by Crippen LogP contribution is -2.50. The van der Waals surface area contributed by atoms with Gasteiger partial charge in [0.2, 0.25) is 0 Å². The van der Waals surface area contributed by atoms with E-state index in [4.69, 9.17) is 12.2 Å². The Balaban J connectivity index is 1.54. The molecule has 2 aromatic rings.